The van der Waals surface area contributed by atoms with E-state index in [0.29, 0.717) is 12.3 Å². The van der Waals surface area contributed by atoms with Crippen LogP contribution in [0.25, 0.3) is 5.69 Å². The summed E-state index contributed by atoms with van der Waals surface area (Å²) in [6, 6.07) is 3.70. The van der Waals surface area contributed by atoms with Crippen LogP contribution >= 0.6 is 0 Å². The summed E-state index contributed by atoms with van der Waals surface area (Å²) in [4.78, 5) is 15.5. The lowest BCUT2D eigenvalue weighted by atomic mass is 10.4. The van der Waals surface area contributed by atoms with Gasteiger partial charge >= 0.3 is 6.09 Å². The molecular weight excluding hydrogens is 244 g/mol. The summed E-state index contributed by atoms with van der Waals surface area (Å²) in [5.41, 5.74) is 1.42. The van der Waals surface area contributed by atoms with E-state index in [2.05, 4.69) is 15.4 Å². The van der Waals surface area contributed by atoms with E-state index in [1.165, 1.54) is 0 Å². The molecule has 2 aromatic rings. The normalized spacial score (nSPS) is 10.2. The standard InChI is InChI=1S/C13H16N4O2/c1-2-3-7-19-13(18)16-11-8-15-17(10-11)12-5-4-6-14-9-12/h4-6,8-10H,2-3,7H2,1H3,(H,16,18). The van der Waals surface area contributed by atoms with Crippen LogP contribution in [0.1, 0.15) is 19.8 Å². The number of amides is 1. The van der Waals surface area contributed by atoms with E-state index < -0.39 is 6.09 Å². The van der Waals surface area contributed by atoms with Gasteiger partial charge < -0.3 is 4.74 Å². The van der Waals surface area contributed by atoms with E-state index in [4.69, 9.17) is 4.74 Å². The van der Waals surface area contributed by atoms with Crippen molar-refractivity contribution in [1.82, 2.24) is 14.8 Å². The first-order valence-corrected chi connectivity index (χ1v) is 6.18. The number of unbranched alkanes of at least 4 members (excludes halogenated alkanes) is 1. The number of carbonyl (C=O) groups excluding carboxylic acids is 1. The Bertz CT molecular complexity index is 524. The van der Waals surface area contributed by atoms with Crippen molar-refractivity contribution in [3.63, 3.8) is 0 Å². The van der Waals surface area contributed by atoms with Crippen molar-refractivity contribution in [3.8, 4) is 5.69 Å². The highest BCUT2D eigenvalue weighted by Gasteiger charge is 2.05. The molecule has 0 spiro atoms. The summed E-state index contributed by atoms with van der Waals surface area (Å²) in [6.45, 7) is 2.47. The zero-order valence-electron chi connectivity index (χ0n) is 10.7. The van der Waals surface area contributed by atoms with Crippen LogP contribution in [0.3, 0.4) is 0 Å². The number of anilines is 1. The highest BCUT2D eigenvalue weighted by atomic mass is 16.5. The first-order valence-electron chi connectivity index (χ1n) is 6.18. The Morgan fingerprint density at radius 3 is 3.11 bits per heavy atom. The van der Waals surface area contributed by atoms with Gasteiger partial charge in [-0.3, -0.25) is 10.3 Å². The predicted molar refractivity (Wildman–Crippen MR) is 71.2 cm³/mol. The SMILES string of the molecule is CCCCOC(=O)Nc1cnn(-c2cccnc2)c1. The Labute approximate surface area is 111 Å². The molecule has 0 bridgehead atoms. The predicted octanol–water partition coefficient (Wildman–Crippen LogP) is 2.62. The second-order valence-electron chi connectivity index (χ2n) is 4.00. The number of hydrogen-bond donors (Lipinski definition) is 1. The van der Waals surface area contributed by atoms with Gasteiger partial charge in [0.15, 0.2) is 0 Å². The Balaban J connectivity index is 1.93. The van der Waals surface area contributed by atoms with Gasteiger partial charge in [0, 0.05) is 6.20 Å². The maximum atomic E-state index is 11.5. The molecule has 0 saturated heterocycles. The molecule has 0 aromatic carbocycles. The third-order valence-corrected chi connectivity index (χ3v) is 2.47. The van der Waals surface area contributed by atoms with Gasteiger partial charge in [0.05, 0.1) is 36.6 Å². The van der Waals surface area contributed by atoms with Crippen LogP contribution in [0.4, 0.5) is 10.5 Å². The molecule has 0 aliphatic carbocycles. The number of nitrogens with one attached hydrogen (secondary N) is 1. The summed E-state index contributed by atoms with van der Waals surface area (Å²) in [5, 5.41) is 6.77. The second-order valence-corrected chi connectivity index (χ2v) is 4.00. The summed E-state index contributed by atoms with van der Waals surface area (Å²) >= 11 is 0. The number of aromatic nitrogens is 3. The van der Waals surface area contributed by atoms with E-state index in [1.807, 2.05) is 19.1 Å². The molecule has 6 nitrogen and oxygen atoms in total. The molecule has 0 radical (unpaired) electrons. The topological polar surface area (TPSA) is 69.0 Å². The quantitative estimate of drug-likeness (QED) is 0.839. The zero-order chi connectivity index (χ0) is 13.5. The van der Waals surface area contributed by atoms with Gasteiger partial charge in [-0.25, -0.2) is 9.48 Å². The maximum absolute atomic E-state index is 11.5. The molecule has 0 aliphatic heterocycles. The van der Waals surface area contributed by atoms with Gasteiger partial charge in [0.2, 0.25) is 0 Å². The lowest BCUT2D eigenvalue weighted by molar-refractivity contribution is 0.160. The molecule has 2 heterocycles. The maximum Gasteiger partial charge on any atom is 0.411 e. The number of nitrogens with zero attached hydrogens (tertiary/aromatic N) is 3. The number of hydrogen-bond acceptors (Lipinski definition) is 4. The van der Waals surface area contributed by atoms with Gasteiger partial charge in [-0.2, -0.15) is 5.10 Å². The van der Waals surface area contributed by atoms with Crippen molar-refractivity contribution in [2.45, 2.75) is 19.8 Å². The van der Waals surface area contributed by atoms with Gasteiger partial charge in [-0.1, -0.05) is 13.3 Å². The van der Waals surface area contributed by atoms with Crippen molar-refractivity contribution in [2.24, 2.45) is 0 Å². The summed E-state index contributed by atoms with van der Waals surface area (Å²) in [6.07, 6.45) is 8.05. The van der Waals surface area contributed by atoms with Crippen molar-refractivity contribution in [1.29, 1.82) is 0 Å². The summed E-state index contributed by atoms with van der Waals surface area (Å²) in [7, 11) is 0. The molecule has 2 aromatic heterocycles. The third kappa shape index (κ3) is 3.80. The fraction of sp³-hybridized carbons (Fsp3) is 0.308. The second kappa shape index (κ2) is 6.53. The van der Waals surface area contributed by atoms with Crippen LogP contribution in [0.5, 0.6) is 0 Å². The van der Waals surface area contributed by atoms with E-state index in [1.54, 1.807) is 29.5 Å². The molecule has 2 rings (SSSR count). The highest BCUT2D eigenvalue weighted by Crippen LogP contribution is 2.10. The van der Waals surface area contributed by atoms with Gasteiger partial charge in [0.25, 0.3) is 0 Å². The van der Waals surface area contributed by atoms with Gasteiger partial charge in [-0.15, -0.1) is 0 Å². The Morgan fingerprint density at radius 1 is 1.47 bits per heavy atom. The molecule has 100 valence electrons. The van der Waals surface area contributed by atoms with Crippen molar-refractivity contribution in [2.75, 3.05) is 11.9 Å². The fourth-order valence-electron chi connectivity index (χ4n) is 1.48. The van der Waals surface area contributed by atoms with Crippen LogP contribution in [0.2, 0.25) is 0 Å². The lowest BCUT2D eigenvalue weighted by Gasteiger charge is -2.03. The lowest BCUT2D eigenvalue weighted by Crippen LogP contribution is -2.13. The molecular formula is C13H16N4O2. The average Bonchev–Trinajstić information content (AvgIpc) is 2.88. The third-order valence-electron chi connectivity index (χ3n) is 2.47. The van der Waals surface area contributed by atoms with Gasteiger partial charge in [-0.05, 0) is 18.6 Å². The van der Waals surface area contributed by atoms with Crippen LogP contribution in [0, 0.1) is 0 Å². The van der Waals surface area contributed by atoms with Crippen molar-refractivity contribution < 1.29 is 9.53 Å². The minimum atomic E-state index is -0.459. The van der Waals surface area contributed by atoms with Crippen LogP contribution in [-0.4, -0.2) is 27.5 Å². The summed E-state index contributed by atoms with van der Waals surface area (Å²) < 4.78 is 6.64. The van der Waals surface area contributed by atoms with Crippen LogP contribution in [0.15, 0.2) is 36.9 Å². The molecule has 0 unspecified atom stereocenters. The monoisotopic (exact) mass is 260 g/mol. The molecule has 0 atom stereocenters. The first-order chi connectivity index (χ1) is 9.29. The number of pyridine rings is 1. The molecule has 1 amide bonds. The van der Waals surface area contributed by atoms with Gasteiger partial charge in [0.1, 0.15) is 0 Å². The number of ether oxygens (including phenoxy) is 1. The largest absolute Gasteiger partial charge is 0.449 e. The fourth-order valence-corrected chi connectivity index (χ4v) is 1.48. The van der Waals surface area contributed by atoms with E-state index in [9.17, 15) is 4.79 Å². The highest BCUT2D eigenvalue weighted by molar-refractivity contribution is 5.84. The smallest absolute Gasteiger partial charge is 0.411 e. The molecule has 19 heavy (non-hydrogen) atoms. The molecule has 0 fully saturated rings. The zero-order valence-corrected chi connectivity index (χ0v) is 10.7. The Hall–Kier alpha value is -2.37. The molecule has 1 N–H and O–H groups in total. The van der Waals surface area contributed by atoms with E-state index >= 15 is 0 Å². The van der Waals surface area contributed by atoms with Crippen molar-refractivity contribution >= 4 is 11.8 Å². The van der Waals surface area contributed by atoms with Crippen molar-refractivity contribution in [3.05, 3.63) is 36.9 Å². The Kier molecular flexibility index (Phi) is 4.49. The Morgan fingerprint density at radius 2 is 2.37 bits per heavy atom. The first kappa shape index (κ1) is 13.1. The van der Waals surface area contributed by atoms with E-state index in [0.717, 1.165) is 18.5 Å². The molecule has 0 aliphatic rings. The average molecular weight is 260 g/mol. The molecule has 0 saturated carbocycles. The minimum Gasteiger partial charge on any atom is -0.449 e. The molecule has 6 heteroatoms. The number of carbonyl (C=O) groups is 1. The van der Waals surface area contributed by atoms with E-state index in [-0.39, 0.29) is 0 Å². The summed E-state index contributed by atoms with van der Waals surface area (Å²) in [5.74, 6) is 0. The van der Waals surface area contributed by atoms with Crippen LogP contribution in [-0.2, 0) is 4.74 Å². The number of rotatable bonds is 5. The van der Waals surface area contributed by atoms with Crippen LogP contribution < -0.4 is 5.32 Å². The minimum absolute atomic E-state index is 0.430.